The highest BCUT2D eigenvalue weighted by atomic mass is 35.5. The van der Waals surface area contributed by atoms with Gasteiger partial charge in [-0.05, 0) is 18.2 Å². The minimum atomic E-state index is -0.664. The van der Waals surface area contributed by atoms with Crippen LogP contribution in [0.15, 0.2) is 48.5 Å². The number of nitrogens with one attached hydrogen (secondary N) is 1. The van der Waals surface area contributed by atoms with E-state index in [0.29, 0.717) is 22.1 Å². The number of nitro benzene ring substituents is 1. The number of benzene rings is 2. The predicted octanol–water partition coefficient (Wildman–Crippen LogP) is 3.18. The lowest BCUT2D eigenvalue weighted by Crippen LogP contribution is -2.28. The summed E-state index contributed by atoms with van der Waals surface area (Å²) < 4.78 is 17.4. The molecular weight excluding hydrogens is 480 g/mol. The van der Waals surface area contributed by atoms with E-state index in [4.69, 9.17) is 25.8 Å². The number of hydrogen-bond acceptors (Lipinski definition) is 9. The second-order valence-corrected chi connectivity index (χ2v) is 7.44. The van der Waals surface area contributed by atoms with Gasteiger partial charge in [0.25, 0.3) is 11.6 Å². The maximum Gasteiger partial charge on any atom is 0.286 e. The molecule has 4 aromatic rings. The number of methoxy groups -OCH3 is 2. The van der Waals surface area contributed by atoms with Crippen molar-refractivity contribution >= 4 is 28.8 Å². The SMILES string of the molecule is COc1cc(C(=O)NCCOc2ccc3nnc(-c4ccccc4Cl)n3n2)c([N+](=O)[O-])cc1OC. The zero-order valence-corrected chi connectivity index (χ0v) is 19.4. The molecule has 0 saturated heterocycles. The summed E-state index contributed by atoms with van der Waals surface area (Å²) in [7, 11) is 2.72. The number of carbonyl (C=O) groups is 1. The van der Waals surface area contributed by atoms with Crippen molar-refractivity contribution in [2.75, 3.05) is 27.4 Å². The molecule has 0 aliphatic rings. The van der Waals surface area contributed by atoms with Crippen molar-refractivity contribution in [1.29, 1.82) is 0 Å². The van der Waals surface area contributed by atoms with Crippen LogP contribution in [0.2, 0.25) is 5.02 Å². The molecule has 0 aliphatic heterocycles. The molecule has 35 heavy (non-hydrogen) atoms. The summed E-state index contributed by atoms with van der Waals surface area (Å²) in [5, 5.41) is 27.1. The Morgan fingerprint density at radius 2 is 1.86 bits per heavy atom. The molecule has 1 amide bonds. The lowest BCUT2D eigenvalue weighted by Gasteiger charge is -2.11. The normalized spacial score (nSPS) is 10.7. The molecule has 2 aromatic heterocycles. The van der Waals surface area contributed by atoms with E-state index in [1.807, 2.05) is 12.1 Å². The first kappa shape index (κ1) is 23.7. The zero-order valence-electron chi connectivity index (χ0n) is 18.6. The van der Waals surface area contributed by atoms with Crippen LogP contribution >= 0.6 is 11.6 Å². The molecule has 180 valence electrons. The molecule has 0 atom stereocenters. The van der Waals surface area contributed by atoms with E-state index in [2.05, 4.69) is 20.6 Å². The fourth-order valence-corrected chi connectivity index (χ4v) is 3.50. The molecule has 0 bridgehead atoms. The Bertz CT molecular complexity index is 1410. The molecule has 0 saturated carbocycles. The minimum absolute atomic E-state index is 0.0505. The van der Waals surface area contributed by atoms with E-state index in [-0.39, 0.29) is 36.1 Å². The standard InChI is InChI=1S/C22H19ClN6O6/c1-33-17-11-14(16(29(31)32)12-18(17)34-2)22(30)24-9-10-35-20-8-7-19-25-26-21(28(19)27-20)13-5-3-4-6-15(13)23/h3-8,11-12H,9-10H2,1-2H3,(H,24,30). The Kier molecular flexibility index (Phi) is 6.92. The van der Waals surface area contributed by atoms with Crippen molar-refractivity contribution in [1.82, 2.24) is 25.1 Å². The lowest BCUT2D eigenvalue weighted by molar-refractivity contribution is -0.385. The molecule has 12 nitrogen and oxygen atoms in total. The number of nitro groups is 1. The number of carbonyl (C=O) groups excluding carboxylic acids is 1. The van der Waals surface area contributed by atoms with Crippen molar-refractivity contribution in [2.45, 2.75) is 0 Å². The average molecular weight is 499 g/mol. The van der Waals surface area contributed by atoms with E-state index in [1.54, 1.807) is 24.3 Å². The molecule has 2 aromatic carbocycles. The maximum atomic E-state index is 12.6. The van der Waals surface area contributed by atoms with Gasteiger partial charge in [0, 0.05) is 17.7 Å². The van der Waals surface area contributed by atoms with E-state index in [9.17, 15) is 14.9 Å². The quantitative estimate of drug-likeness (QED) is 0.209. The molecule has 13 heteroatoms. The third-order valence-electron chi connectivity index (χ3n) is 4.93. The van der Waals surface area contributed by atoms with Gasteiger partial charge in [-0.3, -0.25) is 14.9 Å². The van der Waals surface area contributed by atoms with Crippen LogP contribution in [0.4, 0.5) is 5.69 Å². The monoisotopic (exact) mass is 498 g/mol. The van der Waals surface area contributed by atoms with Crippen molar-refractivity contribution in [3.05, 3.63) is 69.2 Å². The first-order valence-corrected chi connectivity index (χ1v) is 10.6. The number of ether oxygens (including phenoxy) is 3. The van der Waals surface area contributed by atoms with Crippen molar-refractivity contribution in [3.63, 3.8) is 0 Å². The van der Waals surface area contributed by atoms with E-state index in [1.165, 1.54) is 24.8 Å². The number of halogens is 1. The summed E-state index contributed by atoms with van der Waals surface area (Å²) in [6.45, 7) is 0.110. The number of aromatic nitrogens is 4. The van der Waals surface area contributed by atoms with E-state index in [0.717, 1.165) is 6.07 Å². The number of nitrogens with zero attached hydrogens (tertiary/aromatic N) is 5. The van der Waals surface area contributed by atoms with Crippen LogP contribution < -0.4 is 19.5 Å². The third-order valence-corrected chi connectivity index (χ3v) is 5.26. The van der Waals surface area contributed by atoms with Crippen LogP contribution in [0.3, 0.4) is 0 Å². The molecule has 0 unspecified atom stereocenters. The van der Waals surface area contributed by atoms with Crippen LogP contribution in [-0.4, -0.2) is 58.0 Å². The van der Waals surface area contributed by atoms with Crippen molar-refractivity contribution < 1.29 is 23.9 Å². The highest BCUT2D eigenvalue weighted by Crippen LogP contribution is 2.34. The molecule has 0 aliphatic carbocycles. The van der Waals surface area contributed by atoms with Crippen LogP contribution in [0, 0.1) is 10.1 Å². The Morgan fingerprint density at radius 1 is 1.11 bits per heavy atom. The molecule has 0 fully saturated rings. The summed E-state index contributed by atoms with van der Waals surface area (Å²) >= 11 is 6.27. The summed E-state index contributed by atoms with van der Waals surface area (Å²) in [6, 6.07) is 12.9. The second kappa shape index (κ2) is 10.2. The molecule has 1 N–H and O–H groups in total. The number of amides is 1. The summed E-state index contributed by atoms with van der Waals surface area (Å²) in [5.74, 6) is 0.387. The average Bonchev–Trinajstić information content (AvgIpc) is 3.28. The van der Waals surface area contributed by atoms with E-state index >= 15 is 0 Å². The van der Waals surface area contributed by atoms with Crippen LogP contribution in [0.1, 0.15) is 10.4 Å². The number of rotatable bonds is 9. The topological polar surface area (TPSA) is 143 Å². The molecule has 0 spiro atoms. The van der Waals surface area contributed by atoms with Gasteiger partial charge in [0.05, 0.1) is 36.8 Å². The molecule has 0 radical (unpaired) electrons. The van der Waals surface area contributed by atoms with Gasteiger partial charge in [0.15, 0.2) is 23.0 Å². The van der Waals surface area contributed by atoms with Gasteiger partial charge in [0.1, 0.15) is 12.2 Å². The first-order valence-electron chi connectivity index (χ1n) is 10.2. The fraction of sp³-hybridized carbons (Fsp3) is 0.182. The summed E-state index contributed by atoms with van der Waals surface area (Å²) in [5.41, 5.74) is 0.588. The van der Waals surface area contributed by atoms with Crippen LogP contribution in [0.5, 0.6) is 17.4 Å². The minimum Gasteiger partial charge on any atom is -0.493 e. The van der Waals surface area contributed by atoms with Crippen LogP contribution in [0.25, 0.3) is 17.0 Å². The van der Waals surface area contributed by atoms with Gasteiger partial charge in [-0.1, -0.05) is 23.7 Å². The lowest BCUT2D eigenvalue weighted by atomic mass is 10.1. The van der Waals surface area contributed by atoms with Crippen molar-refractivity contribution in [2.24, 2.45) is 0 Å². The van der Waals surface area contributed by atoms with Crippen molar-refractivity contribution in [3.8, 4) is 28.8 Å². The predicted molar refractivity (Wildman–Crippen MR) is 125 cm³/mol. The Balaban J connectivity index is 1.44. The molecule has 4 rings (SSSR count). The Labute approximate surface area is 203 Å². The fourth-order valence-electron chi connectivity index (χ4n) is 3.28. The molecule has 2 heterocycles. The smallest absolute Gasteiger partial charge is 0.286 e. The number of hydrogen-bond donors (Lipinski definition) is 1. The summed E-state index contributed by atoms with van der Waals surface area (Å²) in [4.78, 5) is 23.4. The first-order chi connectivity index (χ1) is 16.9. The Hall–Kier alpha value is -4.45. The van der Waals surface area contributed by atoms with Gasteiger partial charge in [-0.2, -0.15) is 4.52 Å². The molecular formula is C22H19ClN6O6. The largest absolute Gasteiger partial charge is 0.493 e. The second-order valence-electron chi connectivity index (χ2n) is 7.03. The third kappa shape index (κ3) is 4.92. The highest BCUT2D eigenvalue weighted by Gasteiger charge is 2.24. The summed E-state index contributed by atoms with van der Waals surface area (Å²) in [6.07, 6.45) is 0. The van der Waals surface area contributed by atoms with Crippen LogP contribution in [-0.2, 0) is 0 Å². The Morgan fingerprint density at radius 3 is 2.57 bits per heavy atom. The van der Waals surface area contributed by atoms with Gasteiger partial charge in [-0.15, -0.1) is 15.3 Å². The van der Waals surface area contributed by atoms with Gasteiger partial charge < -0.3 is 19.5 Å². The van der Waals surface area contributed by atoms with Gasteiger partial charge in [0.2, 0.25) is 5.88 Å². The zero-order chi connectivity index (χ0) is 24.9. The number of fused-ring (bicyclic) bond motifs is 1. The van der Waals surface area contributed by atoms with E-state index < -0.39 is 16.5 Å². The highest BCUT2D eigenvalue weighted by molar-refractivity contribution is 6.33. The van der Waals surface area contributed by atoms with Gasteiger partial charge >= 0.3 is 0 Å². The maximum absolute atomic E-state index is 12.6. The van der Waals surface area contributed by atoms with Gasteiger partial charge in [-0.25, -0.2) is 0 Å².